The number of hydrogen-bond acceptors (Lipinski definition) is 6. The zero-order chi connectivity index (χ0) is 17.6. The molecule has 1 aromatic heterocycles. The Morgan fingerprint density at radius 2 is 2.04 bits per heavy atom. The second-order valence-corrected chi connectivity index (χ2v) is 5.20. The largest absolute Gasteiger partial charge is 0.399 e. The van der Waals surface area contributed by atoms with Crippen LogP contribution in [0.5, 0.6) is 0 Å². The first kappa shape index (κ1) is 16.3. The number of aryl methyl sites for hydroxylation is 1. The summed E-state index contributed by atoms with van der Waals surface area (Å²) in [7, 11) is 3.23. The normalized spacial score (nSPS) is 10.8. The summed E-state index contributed by atoms with van der Waals surface area (Å²) in [5.41, 5.74) is 2.86. The average molecular weight is 336 g/mol. The molecule has 0 radical (unpaired) electrons. The molecule has 3 aromatic rings. The molecule has 0 aliphatic rings. The minimum atomic E-state index is -0.205. The van der Waals surface area contributed by atoms with Gasteiger partial charge in [0.25, 0.3) is 5.91 Å². The third-order valence-corrected chi connectivity index (χ3v) is 3.48. The molecule has 8 nitrogen and oxygen atoms in total. The fraction of sp³-hybridized carbons (Fsp3) is 0.118. The lowest BCUT2D eigenvalue weighted by atomic mass is 10.1. The topological polar surface area (TPSA) is 94.3 Å². The summed E-state index contributed by atoms with van der Waals surface area (Å²) in [6.45, 7) is 0. The van der Waals surface area contributed by atoms with Crippen LogP contribution in [-0.2, 0) is 11.9 Å². The van der Waals surface area contributed by atoms with Crippen molar-refractivity contribution in [2.75, 3.05) is 12.4 Å². The summed E-state index contributed by atoms with van der Waals surface area (Å²) in [5.74, 6) is 0.418. The van der Waals surface area contributed by atoms with Gasteiger partial charge in [-0.1, -0.05) is 29.4 Å². The fourth-order valence-electron chi connectivity index (χ4n) is 2.25. The van der Waals surface area contributed by atoms with Crippen molar-refractivity contribution in [3.05, 3.63) is 59.7 Å². The van der Waals surface area contributed by atoms with Gasteiger partial charge in [-0.3, -0.25) is 4.79 Å². The van der Waals surface area contributed by atoms with E-state index in [4.69, 9.17) is 0 Å². The Balaban J connectivity index is 1.75. The Kier molecular flexibility index (Phi) is 4.79. The van der Waals surface area contributed by atoms with Crippen LogP contribution in [0.3, 0.4) is 0 Å². The lowest BCUT2D eigenvalue weighted by molar-refractivity contribution is 0.102. The molecule has 0 saturated heterocycles. The van der Waals surface area contributed by atoms with Gasteiger partial charge in [-0.05, 0) is 40.3 Å². The van der Waals surface area contributed by atoms with E-state index >= 15 is 0 Å². The van der Waals surface area contributed by atoms with E-state index in [1.165, 1.54) is 7.11 Å². The van der Waals surface area contributed by atoms with E-state index in [0.717, 1.165) is 11.1 Å². The van der Waals surface area contributed by atoms with E-state index < -0.39 is 0 Å². The summed E-state index contributed by atoms with van der Waals surface area (Å²) in [6, 6.07) is 14.4. The Morgan fingerprint density at radius 3 is 2.72 bits per heavy atom. The molecular formula is C17H16N6O2. The number of nitrogens with one attached hydrogen (secondary N) is 1. The quantitative estimate of drug-likeness (QED) is 0.569. The second-order valence-electron chi connectivity index (χ2n) is 5.20. The number of oxime groups is 1. The van der Waals surface area contributed by atoms with E-state index in [1.54, 1.807) is 42.2 Å². The number of hydrogen-bond donors (Lipinski definition) is 1. The smallest absolute Gasteiger partial charge is 0.255 e. The SMILES string of the molecule is CO/N=C/c1ccc(C(=O)Nc2cccc(-c3nnnn3C)c2)cc1. The molecular weight excluding hydrogens is 320 g/mol. The van der Waals surface area contributed by atoms with E-state index in [2.05, 4.69) is 30.8 Å². The number of benzene rings is 2. The Morgan fingerprint density at radius 1 is 1.24 bits per heavy atom. The summed E-state index contributed by atoms with van der Waals surface area (Å²) in [5, 5.41) is 17.9. The lowest BCUT2D eigenvalue weighted by Crippen LogP contribution is -2.12. The van der Waals surface area contributed by atoms with E-state index in [1.807, 2.05) is 24.3 Å². The molecule has 0 aliphatic carbocycles. The van der Waals surface area contributed by atoms with Crippen LogP contribution in [0, 0.1) is 0 Å². The Bertz CT molecular complexity index is 902. The van der Waals surface area contributed by atoms with Gasteiger partial charge in [-0.2, -0.15) is 0 Å². The third kappa shape index (κ3) is 3.86. The predicted molar refractivity (Wildman–Crippen MR) is 93.2 cm³/mol. The first-order valence-corrected chi connectivity index (χ1v) is 7.48. The van der Waals surface area contributed by atoms with Crippen LogP contribution in [0.15, 0.2) is 53.7 Å². The summed E-state index contributed by atoms with van der Waals surface area (Å²) in [6.07, 6.45) is 1.57. The van der Waals surface area contributed by atoms with Crippen molar-refractivity contribution in [3.8, 4) is 11.4 Å². The first-order chi connectivity index (χ1) is 12.2. The highest BCUT2D eigenvalue weighted by atomic mass is 16.6. The van der Waals surface area contributed by atoms with Gasteiger partial charge in [0.2, 0.25) is 0 Å². The van der Waals surface area contributed by atoms with Gasteiger partial charge in [-0.15, -0.1) is 5.10 Å². The van der Waals surface area contributed by atoms with Gasteiger partial charge < -0.3 is 10.2 Å². The first-order valence-electron chi connectivity index (χ1n) is 7.48. The fourth-order valence-corrected chi connectivity index (χ4v) is 2.25. The van der Waals surface area contributed by atoms with Gasteiger partial charge in [-0.25, -0.2) is 4.68 Å². The van der Waals surface area contributed by atoms with Crippen molar-refractivity contribution in [1.29, 1.82) is 0 Å². The van der Waals surface area contributed by atoms with Crippen LogP contribution < -0.4 is 5.32 Å². The van der Waals surface area contributed by atoms with E-state index in [9.17, 15) is 4.79 Å². The number of amides is 1. The number of rotatable bonds is 5. The van der Waals surface area contributed by atoms with Crippen molar-refractivity contribution in [2.24, 2.45) is 12.2 Å². The number of nitrogens with zero attached hydrogens (tertiary/aromatic N) is 5. The molecule has 25 heavy (non-hydrogen) atoms. The standard InChI is InChI=1S/C17H16N6O2/c1-23-16(20-21-22-23)14-4-3-5-15(10-14)19-17(24)13-8-6-12(7-9-13)11-18-25-2/h3-11H,1-2H3,(H,19,24)/b18-11+. The molecule has 0 saturated carbocycles. The number of anilines is 1. The van der Waals surface area contributed by atoms with Gasteiger partial charge in [0.1, 0.15) is 7.11 Å². The molecule has 0 spiro atoms. The van der Waals surface area contributed by atoms with Crippen LogP contribution in [0.2, 0.25) is 0 Å². The molecule has 0 aliphatic heterocycles. The highest BCUT2D eigenvalue weighted by Crippen LogP contribution is 2.20. The highest BCUT2D eigenvalue weighted by Gasteiger charge is 2.09. The highest BCUT2D eigenvalue weighted by molar-refractivity contribution is 6.04. The monoisotopic (exact) mass is 336 g/mol. The molecule has 0 fully saturated rings. The van der Waals surface area contributed by atoms with Crippen molar-refractivity contribution >= 4 is 17.8 Å². The molecule has 126 valence electrons. The summed E-state index contributed by atoms with van der Waals surface area (Å²) >= 11 is 0. The van der Waals surface area contributed by atoms with Gasteiger partial charge in [0.15, 0.2) is 5.82 Å². The predicted octanol–water partition coefficient (Wildman–Crippen LogP) is 2.11. The molecule has 0 unspecified atom stereocenters. The lowest BCUT2D eigenvalue weighted by Gasteiger charge is -2.07. The maximum Gasteiger partial charge on any atom is 0.255 e. The molecule has 0 bridgehead atoms. The number of carbonyl (C=O) groups is 1. The number of aromatic nitrogens is 4. The zero-order valence-electron chi connectivity index (χ0n) is 13.7. The summed E-state index contributed by atoms with van der Waals surface area (Å²) in [4.78, 5) is 17.0. The van der Waals surface area contributed by atoms with Crippen molar-refractivity contribution in [3.63, 3.8) is 0 Å². The molecule has 0 atom stereocenters. The molecule has 3 rings (SSSR count). The van der Waals surface area contributed by atoms with Gasteiger partial charge >= 0.3 is 0 Å². The van der Waals surface area contributed by atoms with Crippen molar-refractivity contribution in [2.45, 2.75) is 0 Å². The van der Waals surface area contributed by atoms with Crippen LogP contribution in [0.1, 0.15) is 15.9 Å². The maximum absolute atomic E-state index is 12.4. The third-order valence-electron chi connectivity index (χ3n) is 3.48. The molecule has 1 heterocycles. The molecule has 8 heteroatoms. The second kappa shape index (κ2) is 7.35. The molecule has 2 aromatic carbocycles. The molecule has 1 N–H and O–H groups in total. The maximum atomic E-state index is 12.4. The van der Waals surface area contributed by atoms with Gasteiger partial charge in [0.05, 0.1) is 6.21 Å². The van der Waals surface area contributed by atoms with Gasteiger partial charge in [0, 0.05) is 23.9 Å². The van der Waals surface area contributed by atoms with E-state index in [-0.39, 0.29) is 5.91 Å². The number of tetrazole rings is 1. The van der Waals surface area contributed by atoms with Crippen molar-refractivity contribution in [1.82, 2.24) is 20.2 Å². The molecule has 1 amide bonds. The zero-order valence-corrected chi connectivity index (χ0v) is 13.7. The van der Waals surface area contributed by atoms with Crippen molar-refractivity contribution < 1.29 is 9.63 Å². The Labute approximate surface area is 144 Å². The number of carbonyl (C=O) groups excluding carboxylic acids is 1. The van der Waals surface area contributed by atoms with Crippen LogP contribution in [0.25, 0.3) is 11.4 Å². The van der Waals surface area contributed by atoms with Crippen LogP contribution in [-0.4, -0.2) is 39.4 Å². The Hall–Kier alpha value is -3.55. The van der Waals surface area contributed by atoms with Crippen LogP contribution in [0.4, 0.5) is 5.69 Å². The minimum absolute atomic E-state index is 0.205. The van der Waals surface area contributed by atoms with E-state index in [0.29, 0.717) is 17.1 Å². The summed E-state index contributed by atoms with van der Waals surface area (Å²) < 4.78 is 1.57. The van der Waals surface area contributed by atoms with Crippen LogP contribution >= 0.6 is 0 Å². The minimum Gasteiger partial charge on any atom is -0.399 e. The average Bonchev–Trinajstić information content (AvgIpc) is 3.06.